The van der Waals surface area contributed by atoms with Crippen LogP contribution in [0.1, 0.15) is 35.9 Å². The number of aryl methyl sites for hydroxylation is 2. The SMILES string of the molecule is CCc1nc2c(nc1-c1ccc(F)cc1)c(OCC(F)(F)F)c(C(=O)NC1CCN(C(=O)CO)CC1)n2C. The summed E-state index contributed by atoms with van der Waals surface area (Å²) in [6.45, 7) is 0.222. The lowest BCUT2D eigenvalue weighted by Crippen LogP contribution is -2.47. The highest BCUT2D eigenvalue weighted by Gasteiger charge is 2.33. The van der Waals surface area contributed by atoms with Crippen molar-refractivity contribution in [2.75, 3.05) is 26.3 Å². The summed E-state index contributed by atoms with van der Waals surface area (Å²) in [4.78, 5) is 35.7. The molecule has 0 saturated carbocycles. The molecule has 0 bridgehead atoms. The summed E-state index contributed by atoms with van der Waals surface area (Å²) >= 11 is 0. The van der Waals surface area contributed by atoms with Gasteiger partial charge in [0.25, 0.3) is 5.91 Å². The van der Waals surface area contributed by atoms with Gasteiger partial charge in [0.05, 0.1) is 11.4 Å². The van der Waals surface area contributed by atoms with Gasteiger partial charge in [-0.3, -0.25) is 9.59 Å². The van der Waals surface area contributed by atoms with E-state index in [1.165, 1.54) is 40.8 Å². The molecule has 13 heteroatoms. The number of alkyl halides is 3. The molecule has 1 saturated heterocycles. The van der Waals surface area contributed by atoms with Crippen molar-refractivity contribution in [2.45, 2.75) is 38.4 Å². The van der Waals surface area contributed by atoms with Gasteiger partial charge in [-0.15, -0.1) is 0 Å². The van der Waals surface area contributed by atoms with E-state index in [9.17, 15) is 27.2 Å². The fourth-order valence-corrected chi connectivity index (χ4v) is 4.48. The number of hydrogen-bond acceptors (Lipinski definition) is 6. The number of aliphatic hydroxyl groups excluding tert-OH is 1. The second-order valence-corrected chi connectivity index (χ2v) is 8.98. The van der Waals surface area contributed by atoms with Crippen molar-refractivity contribution in [1.29, 1.82) is 0 Å². The zero-order valence-corrected chi connectivity index (χ0v) is 20.8. The number of nitrogens with zero attached hydrogens (tertiary/aromatic N) is 4. The Labute approximate surface area is 215 Å². The van der Waals surface area contributed by atoms with Gasteiger partial charge in [0.15, 0.2) is 29.2 Å². The predicted molar refractivity (Wildman–Crippen MR) is 129 cm³/mol. The fraction of sp³-hybridized carbons (Fsp3) is 0.440. The van der Waals surface area contributed by atoms with Crippen molar-refractivity contribution in [3.63, 3.8) is 0 Å². The van der Waals surface area contributed by atoms with E-state index in [-0.39, 0.29) is 28.6 Å². The van der Waals surface area contributed by atoms with E-state index in [1.54, 1.807) is 0 Å². The molecule has 2 N–H and O–H groups in total. The van der Waals surface area contributed by atoms with E-state index in [0.29, 0.717) is 49.3 Å². The van der Waals surface area contributed by atoms with Crippen LogP contribution in [0.3, 0.4) is 0 Å². The lowest BCUT2D eigenvalue weighted by Gasteiger charge is -2.32. The molecule has 1 aliphatic heterocycles. The minimum absolute atomic E-state index is 0.0261. The van der Waals surface area contributed by atoms with Gasteiger partial charge >= 0.3 is 6.18 Å². The van der Waals surface area contributed by atoms with Gasteiger partial charge in [-0.1, -0.05) is 6.92 Å². The number of piperidine rings is 1. The monoisotopic (exact) mass is 537 g/mol. The molecule has 1 aromatic carbocycles. The Bertz CT molecular complexity index is 1330. The second-order valence-electron chi connectivity index (χ2n) is 8.98. The number of aliphatic hydroxyl groups is 1. The van der Waals surface area contributed by atoms with E-state index in [4.69, 9.17) is 9.84 Å². The Balaban J connectivity index is 1.73. The first-order valence-electron chi connectivity index (χ1n) is 12.1. The molecule has 4 rings (SSSR count). The summed E-state index contributed by atoms with van der Waals surface area (Å²) < 4.78 is 59.4. The first kappa shape index (κ1) is 27.3. The molecule has 204 valence electrons. The largest absolute Gasteiger partial charge is 0.479 e. The van der Waals surface area contributed by atoms with Crippen LogP contribution in [0.15, 0.2) is 24.3 Å². The molecular formula is C25H27F4N5O4. The van der Waals surface area contributed by atoms with Crippen LogP contribution >= 0.6 is 0 Å². The second kappa shape index (κ2) is 10.9. The van der Waals surface area contributed by atoms with E-state index >= 15 is 0 Å². The number of hydrogen-bond donors (Lipinski definition) is 2. The Kier molecular flexibility index (Phi) is 7.86. The van der Waals surface area contributed by atoms with E-state index in [1.807, 2.05) is 6.92 Å². The van der Waals surface area contributed by atoms with Crippen molar-refractivity contribution in [3.05, 3.63) is 41.5 Å². The van der Waals surface area contributed by atoms with Gasteiger partial charge < -0.3 is 24.6 Å². The maximum atomic E-state index is 13.5. The molecule has 0 spiro atoms. The van der Waals surface area contributed by atoms with Gasteiger partial charge in [0, 0.05) is 31.7 Å². The number of carbonyl (C=O) groups is 2. The normalized spacial score (nSPS) is 14.7. The third-order valence-electron chi connectivity index (χ3n) is 6.40. The topological polar surface area (TPSA) is 110 Å². The highest BCUT2D eigenvalue weighted by molar-refractivity contribution is 6.02. The van der Waals surface area contributed by atoms with Gasteiger partial charge in [-0.2, -0.15) is 13.2 Å². The highest BCUT2D eigenvalue weighted by atomic mass is 19.4. The summed E-state index contributed by atoms with van der Waals surface area (Å²) in [6.07, 6.45) is -3.43. The molecule has 2 aromatic heterocycles. The lowest BCUT2D eigenvalue weighted by atomic mass is 10.0. The van der Waals surface area contributed by atoms with Crippen molar-refractivity contribution >= 4 is 23.0 Å². The Morgan fingerprint density at radius 2 is 1.82 bits per heavy atom. The van der Waals surface area contributed by atoms with Crippen molar-refractivity contribution in [2.24, 2.45) is 7.05 Å². The van der Waals surface area contributed by atoms with Crippen LogP contribution < -0.4 is 10.1 Å². The van der Waals surface area contributed by atoms with E-state index in [0.717, 1.165) is 0 Å². The first-order chi connectivity index (χ1) is 18.0. The predicted octanol–water partition coefficient (Wildman–Crippen LogP) is 2.99. The van der Waals surface area contributed by atoms with Crippen LogP contribution in [0.2, 0.25) is 0 Å². The molecule has 0 radical (unpaired) electrons. The maximum absolute atomic E-state index is 13.5. The molecule has 2 amide bonds. The van der Waals surface area contributed by atoms with Gasteiger partial charge in [0.1, 0.15) is 12.4 Å². The number of ether oxygens (including phenoxy) is 1. The minimum atomic E-state index is -4.67. The van der Waals surface area contributed by atoms with Gasteiger partial charge in [-0.25, -0.2) is 14.4 Å². The first-order valence-corrected chi connectivity index (χ1v) is 12.1. The molecule has 3 heterocycles. The molecule has 1 aliphatic rings. The van der Waals surface area contributed by atoms with Crippen molar-refractivity contribution in [1.82, 2.24) is 24.8 Å². The average molecular weight is 538 g/mol. The number of carbonyl (C=O) groups excluding carboxylic acids is 2. The van der Waals surface area contributed by atoms with Crippen molar-refractivity contribution in [3.8, 4) is 17.0 Å². The Hall–Kier alpha value is -3.74. The molecular weight excluding hydrogens is 510 g/mol. The van der Waals surface area contributed by atoms with Crippen LogP contribution in [0.5, 0.6) is 5.75 Å². The standard InChI is InChI=1S/C25H27F4N5O4/c1-3-17-19(14-4-6-15(26)7-5-14)32-20-22(38-13-25(27,28)29)21(33(2)23(20)31-17)24(37)30-16-8-10-34(11-9-16)18(36)12-35/h4-7,16,35H,3,8-13H2,1-2H3,(H,30,37). The number of benzene rings is 1. The number of aromatic nitrogens is 3. The minimum Gasteiger partial charge on any atom is -0.479 e. The quantitative estimate of drug-likeness (QED) is 0.449. The summed E-state index contributed by atoms with van der Waals surface area (Å²) in [5.74, 6) is -1.89. The third-order valence-corrected chi connectivity index (χ3v) is 6.40. The van der Waals surface area contributed by atoms with Crippen LogP contribution in [-0.4, -0.2) is 74.9 Å². The molecule has 1 fully saturated rings. The van der Waals surface area contributed by atoms with Gasteiger partial charge in [0.2, 0.25) is 5.91 Å². The Morgan fingerprint density at radius 3 is 2.39 bits per heavy atom. The van der Waals surface area contributed by atoms with E-state index in [2.05, 4.69) is 15.3 Å². The zero-order valence-electron chi connectivity index (χ0n) is 20.8. The highest BCUT2D eigenvalue weighted by Crippen LogP contribution is 2.35. The average Bonchev–Trinajstić information content (AvgIpc) is 3.17. The Morgan fingerprint density at radius 1 is 1.16 bits per heavy atom. The number of nitrogens with one attached hydrogen (secondary N) is 1. The summed E-state index contributed by atoms with van der Waals surface area (Å²) in [6, 6.07) is 5.12. The summed E-state index contributed by atoms with van der Waals surface area (Å²) in [5.41, 5.74) is 1.34. The number of fused-ring (bicyclic) bond motifs is 1. The number of rotatable bonds is 7. The van der Waals surface area contributed by atoms with Crippen LogP contribution in [-0.2, 0) is 18.3 Å². The third kappa shape index (κ3) is 5.72. The van der Waals surface area contributed by atoms with Crippen molar-refractivity contribution < 1.29 is 37.0 Å². The van der Waals surface area contributed by atoms with Crippen LogP contribution in [0.25, 0.3) is 22.4 Å². The summed E-state index contributed by atoms with van der Waals surface area (Å²) in [5, 5.41) is 11.9. The fourth-order valence-electron chi connectivity index (χ4n) is 4.48. The zero-order chi connectivity index (χ0) is 27.6. The molecule has 0 unspecified atom stereocenters. The molecule has 9 nitrogen and oxygen atoms in total. The maximum Gasteiger partial charge on any atom is 0.422 e. The summed E-state index contributed by atoms with van der Waals surface area (Å²) in [7, 11) is 1.49. The molecule has 0 atom stereocenters. The molecule has 3 aromatic rings. The van der Waals surface area contributed by atoms with Crippen LogP contribution in [0.4, 0.5) is 17.6 Å². The smallest absolute Gasteiger partial charge is 0.422 e. The number of amides is 2. The number of likely N-dealkylation sites (tertiary alicyclic amines) is 1. The molecule has 38 heavy (non-hydrogen) atoms. The number of halogens is 4. The lowest BCUT2D eigenvalue weighted by molar-refractivity contribution is -0.153. The van der Waals surface area contributed by atoms with Gasteiger partial charge in [-0.05, 0) is 43.5 Å². The van der Waals surface area contributed by atoms with Crippen LogP contribution in [0, 0.1) is 5.82 Å². The van der Waals surface area contributed by atoms with E-state index < -0.39 is 37.0 Å². The molecule has 0 aliphatic carbocycles.